The van der Waals surface area contributed by atoms with Gasteiger partial charge in [0.25, 0.3) is 0 Å². The van der Waals surface area contributed by atoms with Gasteiger partial charge in [-0.1, -0.05) is 30.3 Å². The van der Waals surface area contributed by atoms with E-state index < -0.39 is 11.7 Å². The van der Waals surface area contributed by atoms with Crippen LogP contribution in [-0.2, 0) is 9.47 Å². The van der Waals surface area contributed by atoms with Crippen LogP contribution in [0.15, 0.2) is 42.6 Å². The highest BCUT2D eigenvalue weighted by Crippen LogP contribution is 2.48. The quantitative estimate of drug-likeness (QED) is 0.781. The van der Waals surface area contributed by atoms with Crippen LogP contribution in [0.2, 0.25) is 5.28 Å². The van der Waals surface area contributed by atoms with E-state index in [0.29, 0.717) is 31.9 Å². The fourth-order valence-corrected chi connectivity index (χ4v) is 3.63. The number of carbonyl (C=O) groups is 1. The predicted molar refractivity (Wildman–Crippen MR) is 88.0 cm³/mol. The number of ether oxygens (including phenoxy) is 2. The van der Waals surface area contributed by atoms with Crippen LogP contribution < -0.4 is 4.90 Å². The third-order valence-electron chi connectivity index (χ3n) is 4.56. The van der Waals surface area contributed by atoms with Crippen molar-refractivity contribution >= 4 is 23.5 Å². The minimum Gasteiger partial charge on any atom is -0.440 e. The second-order valence-electron chi connectivity index (χ2n) is 5.91. The maximum Gasteiger partial charge on any atom is 0.416 e. The molecule has 1 aromatic carbocycles. The molecule has 0 radical (unpaired) electrons. The zero-order valence-electron chi connectivity index (χ0n) is 12.9. The molecular weight excluding hydrogens is 330 g/mol. The van der Waals surface area contributed by atoms with E-state index in [9.17, 15) is 4.79 Å². The van der Waals surface area contributed by atoms with Gasteiger partial charge >= 0.3 is 6.09 Å². The van der Waals surface area contributed by atoms with Gasteiger partial charge in [0.1, 0.15) is 17.5 Å². The van der Waals surface area contributed by atoms with Crippen LogP contribution in [0, 0.1) is 0 Å². The van der Waals surface area contributed by atoms with Crippen LogP contribution in [0.3, 0.4) is 0 Å². The van der Waals surface area contributed by atoms with Crippen LogP contribution in [0.25, 0.3) is 0 Å². The molecule has 0 N–H and O–H groups in total. The highest BCUT2D eigenvalue weighted by Gasteiger charge is 2.56. The molecule has 1 spiro atoms. The molecule has 1 atom stereocenters. The number of benzene rings is 1. The van der Waals surface area contributed by atoms with E-state index in [-0.39, 0.29) is 11.3 Å². The topological polar surface area (TPSA) is 64.6 Å². The van der Waals surface area contributed by atoms with E-state index in [1.165, 1.54) is 6.20 Å². The van der Waals surface area contributed by atoms with Crippen molar-refractivity contribution in [1.82, 2.24) is 9.97 Å². The lowest BCUT2D eigenvalue weighted by molar-refractivity contribution is -0.0590. The van der Waals surface area contributed by atoms with Gasteiger partial charge in [0.05, 0.1) is 13.2 Å². The smallest absolute Gasteiger partial charge is 0.416 e. The number of anilines is 1. The lowest BCUT2D eigenvalue weighted by atomic mass is 9.82. The van der Waals surface area contributed by atoms with Crippen molar-refractivity contribution < 1.29 is 14.3 Å². The molecule has 1 aromatic heterocycles. The molecule has 6 nitrogen and oxygen atoms in total. The number of hydrogen-bond acceptors (Lipinski definition) is 5. The second-order valence-corrected chi connectivity index (χ2v) is 6.25. The third-order valence-corrected chi connectivity index (χ3v) is 4.74. The molecule has 2 aliphatic rings. The summed E-state index contributed by atoms with van der Waals surface area (Å²) in [5, 5.41) is 0.0973. The first-order valence-corrected chi connectivity index (χ1v) is 8.21. The normalized spacial score (nSPS) is 22.6. The number of aromatic nitrogens is 2. The number of hydrogen-bond donors (Lipinski definition) is 0. The lowest BCUT2D eigenvalue weighted by Crippen LogP contribution is -2.43. The van der Waals surface area contributed by atoms with Crippen molar-refractivity contribution in [3.05, 3.63) is 53.4 Å². The van der Waals surface area contributed by atoms with Gasteiger partial charge in [0.2, 0.25) is 5.28 Å². The summed E-state index contributed by atoms with van der Waals surface area (Å²) in [6.07, 6.45) is 2.41. The van der Waals surface area contributed by atoms with E-state index in [2.05, 4.69) is 9.97 Å². The van der Waals surface area contributed by atoms with Gasteiger partial charge in [-0.15, -0.1) is 0 Å². The second kappa shape index (κ2) is 6.03. The van der Waals surface area contributed by atoms with Gasteiger partial charge in [0.15, 0.2) is 0 Å². The average Bonchev–Trinajstić information content (AvgIpc) is 2.88. The maximum absolute atomic E-state index is 12.7. The first kappa shape index (κ1) is 15.4. The van der Waals surface area contributed by atoms with Crippen molar-refractivity contribution in [1.29, 1.82) is 0 Å². The Labute approximate surface area is 144 Å². The van der Waals surface area contributed by atoms with E-state index >= 15 is 0 Å². The third kappa shape index (κ3) is 2.52. The van der Waals surface area contributed by atoms with E-state index in [0.717, 1.165) is 5.56 Å². The van der Waals surface area contributed by atoms with Gasteiger partial charge in [-0.25, -0.2) is 19.7 Å². The highest BCUT2D eigenvalue weighted by atomic mass is 35.5. The minimum absolute atomic E-state index is 0.0973. The maximum atomic E-state index is 12.7. The Morgan fingerprint density at radius 1 is 1.17 bits per heavy atom. The number of nitrogens with zero attached hydrogens (tertiary/aromatic N) is 3. The minimum atomic E-state index is -0.617. The molecule has 7 heteroatoms. The highest BCUT2D eigenvalue weighted by molar-refractivity contribution is 6.28. The summed E-state index contributed by atoms with van der Waals surface area (Å²) < 4.78 is 11.3. The average molecular weight is 346 g/mol. The van der Waals surface area contributed by atoms with Gasteiger partial charge in [-0.2, -0.15) is 0 Å². The molecular formula is C17H16ClN3O3. The standard InChI is InChI=1S/C17H16ClN3O3/c18-15-19-9-6-13(20-15)21-14(12-4-2-1-3-5-12)17(24-16(21)22)7-10-23-11-8-17/h1-6,9,14H,7-8,10-11H2/t14-/m1/s1. The zero-order valence-corrected chi connectivity index (χ0v) is 13.6. The molecule has 24 heavy (non-hydrogen) atoms. The zero-order chi connectivity index (χ0) is 16.6. The Bertz CT molecular complexity index is 750. The summed E-state index contributed by atoms with van der Waals surface area (Å²) in [4.78, 5) is 22.4. The number of amides is 1. The Hall–Kier alpha value is -2.18. The fourth-order valence-electron chi connectivity index (χ4n) is 3.49. The largest absolute Gasteiger partial charge is 0.440 e. The molecule has 2 fully saturated rings. The van der Waals surface area contributed by atoms with Gasteiger partial charge in [-0.3, -0.25) is 0 Å². The summed E-state index contributed by atoms with van der Waals surface area (Å²) in [5.41, 5.74) is 0.383. The van der Waals surface area contributed by atoms with Crippen molar-refractivity contribution in [2.24, 2.45) is 0 Å². The monoisotopic (exact) mass is 345 g/mol. The molecule has 0 bridgehead atoms. The summed E-state index contributed by atoms with van der Waals surface area (Å²) in [7, 11) is 0. The molecule has 1 amide bonds. The summed E-state index contributed by atoms with van der Waals surface area (Å²) in [6.45, 7) is 1.13. The number of rotatable bonds is 2. The Morgan fingerprint density at radius 3 is 2.62 bits per heavy atom. The van der Waals surface area contributed by atoms with Gasteiger partial charge in [-0.05, 0) is 23.2 Å². The molecule has 2 saturated heterocycles. The van der Waals surface area contributed by atoms with Crippen LogP contribution in [0.1, 0.15) is 24.4 Å². The fraction of sp³-hybridized carbons (Fsp3) is 0.353. The van der Waals surface area contributed by atoms with Gasteiger partial charge in [0, 0.05) is 19.0 Å². The number of carbonyl (C=O) groups excluding carboxylic acids is 1. The summed E-state index contributed by atoms with van der Waals surface area (Å²) >= 11 is 5.92. The molecule has 2 aromatic rings. The molecule has 3 heterocycles. The Kier molecular flexibility index (Phi) is 3.86. The van der Waals surface area contributed by atoms with Crippen LogP contribution in [-0.4, -0.2) is 34.9 Å². The van der Waals surface area contributed by atoms with E-state index in [1.54, 1.807) is 11.0 Å². The lowest BCUT2D eigenvalue weighted by Gasteiger charge is -2.37. The first-order chi connectivity index (χ1) is 11.7. The Morgan fingerprint density at radius 2 is 1.92 bits per heavy atom. The predicted octanol–water partition coefficient (Wildman–Crippen LogP) is 3.38. The van der Waals surface area contributed by atoms with Crippen LogP contribution >= 0.6 is 11.6 Å². The molecule has 0 aliphatic carbocycles. The van der Waals surface area contributed by atoms with Crippen LogP contribution in [0.4, 0.5) is 10.6 Å². The van der Waals surface area contributed by atoms with E-state index in [1.807, 2.05) is 30.3 Å². The van der Waals surface area contributed by atoms with Crippen molar-refractivity contribution in [3.63, 3.8) is 0 Å². The molecule has 0 unspecified atom stereocenters. The summed E-state index contributed by atoms with van der Waals surface area (Å²) in [5.74, 6) is 0.442. The SMILES string of the molecule is O=C1OC2(CCOCC2)[C@@H](c2ccccc2)N1c1ccnc(Cl)n1. The summed E-state index contributed by atoms with van der Waals surface area (Å²) in [6, 6.07) is 11.2. The van der Waals surface area contributed by atoms with Crippen molar-refractivity contribution in [2.75, 3.05) is 18.1 Å². The number of halogens is 1. The Balaban J connectivity index is 1.83. The van der Waals surface area contributed by atoms with Crippen molar-refractivity contribution in [3.8, 4) is 0 Å². The molecule has 2 aliphatic heterocycles. The van der Waals surface area contributed by atoms with Crippen LogP contribution in [0.5, 0.6) is 0 Å². The molecule has 4 rings (SSSR count). The molecule has 0 saturated carbocycles. The molecule has 124 valence electrons. The van der Waals surface area contributed by atoms with Crippen molar-refractivity contribution in [2.45, 2.75) is 24.5 Å². The van der Waals surface area contributed by atoms with E-state index in [4.69, 9.17) is 21.1 Å². The van der Waals surface area contributed by atoms with Gasteiger partial charge < -0.3 is 9.47 Å². The first-order valence-electron chi connectivity index (χ1n) is 7.83.